The number of aromatic nitrogens is 1. The van der Waals surface area contributed by atoms with Gasteiger partial charge in [-0.1, -0.05) is 31.2 Å². The van der Waals surface area contributed by atoms with Gasteiger partial charge in [0.2, 0.25) is 0 Å². The molecule has 1 aromatic heterocycles. The SMILES string of the molecule is CCCOCCOC(=O)c1nccc2ccccc12. The lowest BCUT2D eigenvalue weighted by molar-refractivity contribution is 0.0315. The van der Waals surface area contributed by atoms with Gasteiger partial charge >= 0.3 is 5.97 Å². The molecule has 19 heavy (non-hydrogen) atoms. The molecule has 0 amide bonds. The van der Waals surface area contributed by atoms with Crippen LogP contribution in [0.15, 0.2) is 36.5 Å². The second-order valence-corrected chi connectivity index (χ2v) is 4.13. The minimum absolute atomic E-state index is 0.254. The van der Waals surface area contributed by atoms with E-state index < -0.39 is 5.97 Å². The molecule has 0 radical (unpaired) electrons. The fraction of sp³-hybridized carbons (Fsp3) is 0.333. The zero-order chi connectivity index (χ0) is 13.5. The number of fused-ring (bicyclic) bond motifs is 1. The van der Waals surface area contributed by atoms with Crippen molar-refractivity contribution in [2.24, 2.45) is 0 Å². The fourth-order valence-electron chi connectivity index (χ4n) is 1.79. The number of hydrogen-bond donors (Lipinski definition) is 0. The maximum Gasteiger partial charge on any atom is 0.357 e. The van der Waals surface area contributed by atoms with Crippen LogP contribution < -0.4 is 0 Å². The summed E-state index contributed by atoms with van der Waals surface area (Å²) in [4.78, 5) is 16.1. The molecule has 1 aromatic carbocycles. The summed E-state index contributed by atoms with van der Waals surface area (Å²) >= 11 is 0. The highest BCUT2D eigenvalue weighted by Crippen LogP contribution is 2.16. The van der Waals surface area contributed by atoms with Gasteiger partial charge in [0.1, 0.15) is 6.61 Å². The second kappa shape index (κ2) is 6.85. The number of hydrogen-bond acceptors (Lipinski definition) is 4. The highest BCUT2D eigenvalue weighted by atomic mass is 16.6. The predicted molar refractivity (Wildman–Crippen MR) is 73.1 cm³/mol. The predicted octanol–water partition coefficient (Wildman–Crippen LogP) is 2.82. The van der Waals surface area contributed by atoms with Gasteiger partial charge < -0.3 is 9.47 Å². The standard InChI is InChI=1S/C15H17NO3/c1-2-9-18-10-11-19-15(17)14-13-6-4-3-5-12(13)7-8-16-14/h3-8H,2,9-11H2,1H3. The molecule has 0 unspecified atom stereocenters. The molecule has 0 bridgehead atoms. The van der Waals surface area contributed by atoms with Crippen molar-refractivity contribution in [2.75, 3.05) is 19.8 Å². The van der Waals surface area contributed by atoms with E-state index in [0.29, 0.717) is 18.9 Å². The van der Waals surface area contributed by atoms with Crippen LogP contribution in [-0.2, 0) is 9.47 Å². The Balaban J connectivity index is 2.01. The molecule has 0 atom stereocenters. The highest BCUT2D eigenvalue weighted by Gasteiger charge is 2.12. The van der Waals surface area contributed by atoms with Gasteiger partial charge in [0, 0.05) is 18.2 Å². The largest absolute Gasteiger partial charge is 0.458 e. The van der Waals surface area contributed by atoms with Crippen molar-refractivity contribution >= 4 is 16.7 Å². The first-order valence-corrected chi connectivity index (χ1v) is 6.41. The Labute approximate surface area is 112 Å². The van der Waals surface area contributed by atoms with Crippen LogP contribution >= 0.6 is 0 Å². The molecule has 0 aliphatic rings. The van der Waals surface area contributed by atoms with E-state index in [2.05, 4.69) is 4.98 Å². The van der Waals surface area contributed by atoms with Crippen LogP contribution in [0.2, 0.25) is 0 Å². The van der Waals surface area contributed by atoms with Crippen molar-refractivity contribution in [3.05, 3.63) is 42.2 Å². The number of carbonyl (C=O) groups excluding carboxylic acids is 1. The van der Waals surface area contributed by atoms with Crippen LogP contribution in [0, 0.1) is 0 Å². The smallest absolute Gasteiger partial charge is 0.357 e. The average molecular weight is 259 g/mol. The van der Waals surface area contributed by atoms with Crippen molar-refractivity contribution in [3.8, 4) is 0 Å². The van der Waals surface area contributed by atoms with Crippen LogP contribution in [0.1, 0.15) is 23.8 Å². The third kappa shape index (κ3) is 3.51. The molecule has 4 heteroatoms. The molecule has 0 spiro atoms. The third-order valence-electron chi connectivity index (χ3n) is 2.68. The van der Waals surface area contributed by atoms with Crippen molar-refractivity contribution < 1.29 is 14.3 Å². The average Bonchev–Trinajstić information content (AvgIpc) is 2.46. The van der Waals surface area contributed by atoms with Gasteiger partial charge in [0.25, 0.3) is 0 Å². The van der Waals surface area contributed by atoms with E-state index in [1.807, 2.05) is 37.3 Å². The van der Waals surface area contributed by atoms with Gasteiger partial charge in [0.05, 0.1) is 6.61 Å². The van der Waals surface area contributed by atoms with Gasteiger partial charge in [-0.2, -0.15) is 0 Å². The Morgan fingerprint density at radius 3 is 2.84 bits per heavy atom. The Hall–Kier alpha value is -1.94. The minimum Gasteiger partial charge on any atom is -0.458 e. The van der Waals surface area contributed by atoms with Crippen LogP contribution in [0.5, 0.6) is 0 Å². The number of pyridine rings is 1. The summed E-state index contributed by atoms with van der Waals surface area (Å²) in [6, 6.07) is 9.49. The van der Waals surface area contributed by atoms with Crippen LogP contribution in [0.25, 0.3) is 10.8 Å². The molecule has 2 rings (SSSR count). The van der Waals surface area contributed by atoms with Gasteiger partial charge in [-0.25, -0.2) is 9.78 Å². The van der Waals surface area contributed by atoms with Gasteiger partial charge in [-0.05, 0) is 17.9 Å². The Kier molecular flexibility index (Phi) is 4.86. The normalized spacial score (nSPS) is 10.6. The van der Waals surface area contributed by atoms with E-state index in [9.17, 15) is 4.79 Å². The summed E-state index contributed by atoms with van der Waals surface area (Å²) in [5, 5.41) is 1.79. The quantitative estimate of drug-likeness (QED) is 0.591. The number of esters is 1. The highest BCUT2D eigenvalue weighted by molar-refractivity contribution is 6.02. The first kappa shape index (κ1) is 13.5. The topological polar surface area (TPSA) is 48.4 Å². The first-order chi connectivity index (χ1) is 9.33. The summed E-state index contributed by atoms with van der Waals surface area (Å²) in [6.45, 7) is 3.39. The lowest BCUT2D eigenvalue weighted by atomic mass is 10.1. The monoisotopic (exact) mass is 259 g/mol. The maximum atomic E-state index is 12.0. The number of ether oxygens (including phenoxy) is 2. The molecular formula is C15H17NO3. The van der Waals surface area contributed by atoms with Crippen LogP contribution in [0.3, 0.4) is 0 Å². The number of rotatable bonds is 6. The summed E-state index contributed by atoms with van der Waals surface area (Å²) in [6.07, 6.45) is 2.57. The molecule has 0 N–H and O–H groups in total. The summed E-state index contributed by atoms with van der Waals surface area (Å²) in [5.41, 5.74) is 0.355. The van der Waals surface area contributed by atoms with Crippen molar-refractivity contribution in [2.45, 2.75) is 13.3 Å². The molecule has 1 heterocycles. The lowest BCUT2D eigenvalue weighted by Gasteiger charge is -2.07. The van der Waals surface area contributed by atoms with Crippen molar-refractivity contribution in [1.29, 1.82) is 0 Å². The van der Waals surface area contributed by atoms with E-state index in [4.69, 9.17) is 9.47 Å². The van der Waals surface area contributed by atoms with E-state index >= 15 is 0 Å². The Bertz CT molecular complexity index is 549. The zero-order valence-corrected chi connectivity index (χ0v) is 11.0. The fourth-order valence-corrected chi connectivity index (χ4v) is 1.79. The molecule has 100 valence electrons. The zero-order valence-electron chi connectivity index (χ0n) is 11.0. The lowest BCUT2D eigenvalue weighted by Crippen LogP contribution is -2.12. The van der Waals surface area contributed by atoms with Gasteiger partial charge in [-0.15, -0.1) is 0 Å². The van der Waals surface area contributed by atoms with E-state index in [1.54, 1.807) is 6.20 Å². The van der Waals surface area contributed by atoms with Gasteiger partial charge in [0.15, 0.2) is 5.69 Å². The minimum atomic E-state index is -0.406. The van der Waals surface area contributed by atoms with Gasteiger partial charge in [-0.3, -0.25) is 0 Å². The maximum absolute atomic E-state index is 12.0. The molecule has 0 fully saturated rings. The molecule has 2 aromatic rings. The summed E-state index contributed by atoms with van der Waals surface area (Å²) in [7, 11) is 0. The Morgan fingerprint density at radius 1 is 1.16 bits per heavy atom. The van der Waals surface area contributed by atoms with Crippen molar-refractivity contribution in [3.63, 3.8) is 0 Å². The second-order valence-electron chi connectivity index (χ2n) is 4.13. The van der Waals surface area contributed by atoms with Crippen LogP contribution in [0.4, 0.5) is 0 Å². The van der Waals surface area contributed by atoms with Crippen LogP contribution in [-0.4, -0.2) is 30.8 Å². The van der Waals surface area contributed by atoms with Crippen molar-refractivity contribution in [1.82, 2.24) is 4.98 Å². The number of carbonyl (C=O) groups is 1. The number of nitrogens with zero attached hydrogens (tertiary/aromatic N) is 1. The Morgan fingerprint density at radius 2 is 2.00 bits per heavy atom. The molecule has 0 saturated carbocycles. The third-order valence-corrected chi connectivity index (χ3v) is 2.68. The van der Waals surface area contributed by atoms with E-state index in [0.717, 1.165) is 17.2 Å². The first-order valence-electron chi connectivity index (χ1n) is 6.41. The summed E-state index contributed by atoms with van der Waals surface area (Å²) < 4.78 is 10.4. The molecule has 0 aliphatic heterocycles. The summed E-state index contributed by atoms with van der Waals surface area (Å²) in [5.74, 6) is -0.406. The molecular weight excluding hydrogens is 242 g/mol. The molecule has 0 aliphatic carbocycles. The number of benzene rings is 1. The molecule has 4 nitrogen and oxygen atoms in total. The van der Waals surface area contributed by atoms with E-state index in [1.165, 1.54) is 0 Å². The van der Waals surface area contributed by atoms with E-state index in [-0.39, 0.29) is 6.61 Å². The molecule has 0 saturated heterocycles.